The van der Waals surface area contributed by atoms with E-state index in [9.17, 15) is 4.79 Å². The third-order valence-electron chi connectivity index (χ3n) is 6.08. The van der Waals surface area contributed by atoms with Gasteiger partial charge in [-0.1, -0.05) is 13.8 Å². The minimum absolute atomic E-state index is 0.104. The second-order valence-corrected chi connectivity index (χ2v) is 6.97. The lowest BCUT2D eigenvalue weighted by Gasteiger charge is -2.29. The Kier molecular flexibility index (Phi) is 3.13. The quantitative estimate of drug-likeness (QED) is 0.786. The fourth-order valence-corrected chi connectivity index (χ4v) is 4.57. The van der Waals surface area contributed by atoms with Crippen molar-refractivity contribution in [1.29, 1.82) is 0 Å². The lowest BCUT2D eigenvalue weighted by molar-refractivity contribution is -0.128. The van der Waals surface area contributed by atoms with Crippen LogP contribution in [0.25, 0.3) is 0 Å². The maximum Gasteiger partial charge on any atom is 0.225 e. The topological polar surface area (TPSA) is 55.1 Å². The van der Waals surface area contributed by atoms with Crippen molar-refractivity contribution in [2.45, 2.75) is 58.0 Å². The van der Waals surface area contributed by atoms with Gasteiger partial charge in [-0.05, 0) is 55.8 Å². The van der Waals surface area contributed by atoms with Crippen LogP contribution < -0.4 is 11.1 Å². The van der Waals surface area contributed by atoms with Crippen molar-refractivity contribution in [3.8, 4) is 0 Å². The Labute approximate surface area is 110 Å². The molecule has 0 heterocycles. The van der Waals surface area contributed by atoms with Gasteiger partial charge in [0, 0.05) is 12.1 Å². The summed E-state index contributed by atoms with van der Waals surface area (Å²) in [7, 11) is 0. The molecule has 0 spiro atoms. The predicted octanol–water partition coefficient (Wildman–Crippen LogP) is 1.91. The Morgan fingerprint density at radius 1 is 1.11 bits per heavy atom. The monoisotopic (exact) mass is 250 g/mol. The van der Waals surface area contributed by atoms with Gasteiger partial charge in [-0.15, -0.1) is 0 Å². The van der Waals surface area contributed by atoms with Gasteiger partial charge in [0.2, 0.25) is 5.91 Å². The summed E-state index contributed by atoms with van der Waals surface area (Å²) in [6.07, 6.45) is 6.04. The van der Waals surface area contributed by atoms with Crippen molar-refractivity contribution >= 4 is 5.91 Å². The van der Waals surface area contributed by atoms with Crippen LogP contribution in [0, 0.1) is 29.6 Å². The first-order valence-electron chi connectivity index (χ1n) is 7.64. The van der Waals surface area contributed by atoms with Crippen LogP contribution in [0.5, 0.6) is 0 Å². The van der Waals surface area contributed by atoms with Crippen molar-refractivity contribution in [2.24, 2.45) is 35.3 Å². The molecule has 3 rings (SSSR count). The number of carbonyl (C=O) groups is 1. The first-order valence-corrected chi connectivity index (χ1v) is 7.64. The van der Waals surface area contributed by atoms with Crippen LogP contribution in [-0.2, 0) is 4.79 Å². The summed E-state index contributed by atoms with van der Waals surface area (Å²) in [5.41, 5.74) is 6.24. The molecule has 0 aliphatic heterocycles. The van der Waals surface area contributed by atoms with E-state index in [1.54, 1.807) is 0 Å². The molecule has 3 fully saturated rings. The Hall–Kier alpha value is -0.570. The highest BCUT2D eigenvalue weighted by molar-refractivity contribution is 5.80. The van der Waals surface area contributed by atoms with Crippen LogP contribution >= 0.6 is 0 Å². The van der Waals surface area contributed by atoms with Crippen molar-refractivity contribution in [1.82, 2.24) is 5.32 Å². The second-order valence-electron chi connectivity index (χ2n) is 6.97. The summed E-state index contributed by atoms with van der Waals surface area (Å²) in [6, 6.07) is 0.511. The molecular formula is C15H26N2O. The maximum absolute atomic E-state index is 12.5. The van der Waals surface area contributed by atoms with Crippen molar-refractivity contribution in [3.05, 3.63) is 0 Å². The van der Waals surface area contributed by atoms with E-state index >= 15 is 0 Å². The molecule has 0 aromatic carbocycles. The number of rotatable bonds is 2. The summed E-state index contributed by atoms with van der Waals surface area (Å²) < 4.78 is 0. The number of nitrogens with two attached hydrogens (primary N) is 1. The molecule has 18 heavy (non-hydrogen) atoms. The number of hydrogen-bond acceptors (Lipinski definition) is 2. The average molecular weight is 250 g/mol. The van der Waals surface area contributed by atoms with E-state index in [0.29, 0.717) is 23.8 Å². The molecule has 0 saturated heterocycles. The molecule has 3 heteroatoms. The van der Waals surface area contributed by atoms with Gasteiger partial charge in [0.25, 0.3) is 0 Å². The molecule has 3 aliphatic carbocycles. The molecular weight excluding hydrogens is 224 g/mol. The Morgan fingerprint density at radius 2 is 1.83 bits per heavy atom. The van der Waals surface area contributed by atoms with Gasteiger partial charge < -0.3 is 11.1 Å². The zero-order valence-electron chi connectivity index (χ0n) is 11.6. The van der Waals surface area contributed by atoms with Gasteiger partial charge in [-0.25, -0.2) is 0 Å². The Balaban J connectivity index is 1.62. The zero-order chi connectivity index (χ0) is 12.9. The normalized spacial score (nSPS) is 50.7. The molecule has 3 saturated carbocycles. The van der Waals surface area contributed by atoms with E-state index in [4.69, 9.17) is 5.73 Å². The van der Waals surface area contributed by atoms with E-state index in [1.165, 1.54) is 25.7 Å². The second kappa shape index (κ2) is 4.52. The lowest BCUT2D eigenvalue weighted by atomic mass is 9.84. The molecule has 3 aliphatic rings. The molecule has 7 unspecified atom stereocenters. The van der Waals surface area contributed by atoms with Gasteiger partial charge in [0.1, 0.15) is 0 Å². The third-order valence-corrected chi connectivity index (χ3v) is 6.08. The fraction of sp³-hybridized carbons (Fsp3) is 0.933. The minimum Gasteiger partial charge on any atom is -0.353 e. The summed E-state index contributed by atoms with van der Waals surface area (Å²) in [6.45, 7) is 4.56. The average Bonchev–Trinajstić information content (AvgIpc) is 2.99. The summed E-state index contributed by atoms with van der Waals surface area (Å²) in [5.74, 6) is 2.89. The van der Waals surface area contributed by atoms with Gasteiger partial charge in [-0.2, -0.15) is 0 Å². The van der Waals surface area contributed by atoms with Gasteiger partial charge in [0.05, 0.1) is 5.92 Å². The number of hydrogen-bond donors (Lipinski definition) is 2. The van der Waals surface area contributed by atoms with E-state index in [1.807, 2.05) is 0 Å². The molecule has 0 aromatic heterocycles. The van der Waals surface area contributed by atoms with Crippen molar-refractivity contribution < 1.29 is 4.79 Å². The molecule has 3 nitrogen and oxygen atoms in total. The molecule has 1 amide bonds. The predicted molar refractivity (Wildman–Crippen MR) is 71.8 cm³/mol. The lowest BCUT2D eigenvalue weighted by Crippen LogP contribution is -2.48. The van der Waals surface area contributed by atoms with Crippen LogP contribution in [0.3, 0.4) is 0 Å². The number of amides is 1. The zero-order valence-corrected chi connectivity index (χ0v) is 11.6. The Bertz CT molecular complexity index is 341. The van der Waals surface area contributed by atoms with Gasteiger partial charge in [-0.3, -0.25) is 4.79 Å². The van der Waals surface area contributed by atoms with E-state index in [0.717, 1.165) is 12.3 Å². The molecule has 3 N–H and O–H groups in total. The first kappa shape index (κ1) is 12.5. The largest absolute Gasteiger partial charge is 0.353 e. The van der Waals surface area contributed by atoms with Crippen LogP contribution in [0.4, 0.5) is 0 Å². The van der Waals surface area contributed by atoms with Crippen LogP contribution in [-0.4, -0.2) is 18.0 Å². The van der Waals surface area contributed by atoms with Crippen molar-refractivity contribution in [2.75, 3.05) is 0 Å². The van der Waals surface area contributed by atoms with Crippen LogP contribution in [0.1, 0.15) is 46.0 Å². The summed E-state index contributed by atoms with van der Waals surface area (Å²) in [5, 5.41) is 3.30. The highest BCUT2D eigenvalue weighted by atomic mass is 16.2. The van der Waals surface area contributed by atoms with Gasteiger partial charge >= 0.3 is 0 Å². The number of nitrogens with one attached hydrogen (secondary N) is 1. The Morgan fingerprint density at radius 3 is 2.39 bits per heavy atom. The summed E-state index contributed by atoms with van der Waals surface area (Å²) >= 11 is 0. The molecule has 102 valence electrons. The van der Waals surface area contributed by atoms with E-state index in [-0.39, 0.29) is 17.9 Å². The highest BCUT2D eigenvalue weighted by Crippen LogP contribution is 2.47. The van der Waals surface area contributed by atoms with Crippen LogP contribution in [0.15, 0.2) is 0 Å². The SMILES string of the molecule is CC1CCC(NC(=O)C2C3CCC(C3)C2N)C1C. The standard InChI is InChI=1S/C15H26N2O/c1-8-3-6-12(9(8)2)17-15(18)13-10-4-5-11(7-10)14(13)16/h8-14H,3-7,16H2,1-2H3,(H,17,18). The fourth-order valence-electron chi connectivity index (χ4n) is 4.57. The minimum atomic E-state index is 0.104. The van der Waals surface area contributed by atoms with E-state index < -0.39 is 0 Å². The van der Waals surface area contributed by atoms with Crippen LogP contribution in [0.2, 0.25) is 0 Å². The number of fused-ring (bicyclic) bond motifs is 2. The van der Waals surface area contributed by atoms with Crippen molar-refractivity contribution in [3.63, 3.8) is 0 Å². The third kappa shape index (κ3) is 1.87. The van der Waals surface area contributed by atoms with E-state index in [2.05, 4.69) is 19.2 Å². The van der Waals surface area contributed by atoms with Gasteiger partial charge in [0.15, 0.2) is 0 Å². The first-order chi connectivity index (χ1) is 8.58. The molecule has 7 atom stereocenters. The number of carbonyl (C=O) groups excluding carboxylic acids is 1. The highest BCUT2D eigenvalue weighted by Gasteiger charge is 2.49. The molecule has 2 bridgehead atoms. The smallest absolute Gasteiger partial charge is 0.225 e. The molecule has 0 radical (unpaired) electrons. The molecule has 0 aromatic rings. The summed E-state index contributed by atoms with van der Waals surface area (Å²) in [4.78, 5) is 12.5. The maximum atomic E-state index is 12.5.